The second-order valence-corrected chi connectivity index (χ2v) is 9.90. The number of nitrogens with zero attached hydrogens (tertiary/aromatic N) is 2. The van der Waals surface area contributed by atoms with Crippen LogP contribution in [-0.4, -0.2) is 42.2 Å². The van der Waals surface area contributed by atoms with Crippen LogP contribution in [0.5, 0.6) is 23.0 Å². The van der Waals surface area contributed by atoms with E-state index in [0.717, 1.165) is 5.56 Å². The van der Waals surface area contributed by atoms with Crippen LogP contribution < -0.4 is 29.8 Å². The zero-order valence-electron chi connectivity index (χ0n) is 19.2. The van der Waals surface area contributed by atoms with Crippen molar-refractivity contribution >= 4 is 56.5 Å². The smallest absolute Gasteiger partial charge is 0.272 e. The second kappa shape index (κ2) is 10.3. The van der Waals surface area contributed by atoms with Crippen molar-refractivity contribution in [3.63, 3.8) is 0 Å². The molecule has 0 spiro atoms. The van der Waals surface area contributed by atoms with E-state index in [9.17, 15) is 9.59 Å². The Hall–Kier alpha value is -3.41. The summed E-state index contributed by atoms with van der Waals surface area (Å²) in [6, 6.07) is 10.5. The molecule has 1 aliphatic rings. The monoisotopic (exact) mass is 545 g/mol. The molecule has 0 atom stereocenters. The first-order valence-electron chi connectivity index (χ1n) is 10.7. The van der Waals surface area contributed by atoms with Gasteiger partial charge in [-0.2, -0.15) is 0 Å². The number of aromatic nitrogens is 2. The molecule has 0 unspecified atom stereocenters. The molecule has 0 radical (unpaired) electrons. The van der Waals surface area contributed by atoms with Crippen molar-refractivity contribution in [3.05, 3.63) is 62.7 Å². The molecule has 0 fully saturated rings. The number of fused-ring (bicyclic) bond motifs is 2. The van der Waals surface area contributed by atoms with Gasteiger partial charge in [0.25, 0.3) is 5.56 Å². The number of benzene rings is 2. The van der Waals surface area contributed by atoms with Crippen LogP contribution in [0.25, 0.3) is 10.2 Å². The quantitative estimate of drug-likeness (QED) is 0.252. The molecular formula is C24H20ClN3O6S2. The number of amides is 1. The molecule has 4 aromatic rings. The number of anilines is 1. The van der Waals surface area contributed by atoms with E-state index >= 15 is 0 Å². The zero-order valence-corrected chi connectivity index (χ0v) is 21.6. The first-order valence-corrected chi connectivity index (χ1v) is 12.9. The summed E-state index contributed by atoms with van der Waals surface area (Å²) in [6.07, 6.45) is 0. The van der Waals surface area contributed by atoms with E-state index in [1.807, 2.05) is 23.6 Å². The normalized spacial score (nSPS) is 12.1. The van der Waals surface area contributed by atoms with Crippen LogP contribution in [0.4, 0.5) is 5.69 Å². The first-order chi connectivity index (χ1) is 17.5. The standard InChI is InChI=1S/C24H20ClN3O6S2/c1-31-18-9-19(32-2)16(8-14(18)25)26-21(29)11-36-24-27-15-5-6-35-22(15)23(30)28(24)10-13-3-4-17-20(7-13)34-12-33-17/h3-9H,10-12H2,1-2H3,(H,26,29). The number of rotatable bonds is 8. The Morgan fingerprint density at radius 3 is 2.78 bits per heavy atom. The summed E-state index contributed by atoms with van der Waals surface area (Å²) < 4.78 is 23.5. The minimum absolute atomic E-state index is 0.00995. The van der Waals surface area contributed by atoms with Crippen molar-refractivity contribution in [2.45, 2.75) is 11.7 Å². The lowest BCUT2D eigenvalue weighted by Crippen LogP contribution is -2.24. The molecule has 1 aliphatic heterocycles. The van der Waals surface area contributed by atoms with Gasteiger partial charge in [-0.3, -0.25) is 14.2 Å². The maximum Gasteiger partial charge on any atom is 0.272 e. The van der Waals surface area contributed by atoms with Crippen molar-refractivity contribution < 1.29 is 23.7 Å². The Morgan fingerprint density at radius 1 is 1.17 bits per heavy atom. The maximum atomic E-state index is 13.3. The zero-order chi connectivity index (χ0) is 25.2. The molecule has 9 nitrogen and oxygen atoms in total. The fourth-order valence-corrected chi connectivity index (χ4v) is 5.49. The highest BCUT2D eigenvalue weighted by Gasteiger charge is 2.18. The van der Waals surface area contributed by atoms with Gasteiger partial charge in [0.1, 0.15) is 16.2 Å². The SMILES string of the molecule is COc1cc(OC)c(NC(=O)CSc2nc3ccsc3c(=O)n2Cc2ccc3c(c2)OCO3)cc1Cl. The topological polar surface area (TPSA) is 101 Å². The minimum atomic E-state index is -0.311. The number of nitrogens with one attached hydrogen (secondary N) is 1. The van der Waals surface area contributed by atoms with E-state index in [4.69, 9.17) is 30.5 Å². The van der Waals surface area contributed by atoms with Gasteiger partial charge in [-0.15, -0.1) is 11.3 Å². The highest BCUT2D eigenvalue weighted by atomic mass is 35.5. The van der Waals surface area contributed by atoms with Crippen molar-refractivity contribution in [2.24, 2.45) is 0 Å². The van der Waals surface area contributed by atoms with Crippen molar-refractivity contribution in [1.29, 1.82) is 0 Å². The lowest BCUT2D eigenvalue weighted by Gasteiger charge is -2.14. The van der Waals surface area contributed by atoms with E-state index < -0.39 is 0 Å². The van der Waals surface area contributed by atoms with Gasteiger partial charge in [-0.1, -0.05) is 29.4 Å². The summed E-state index contributed by atoms with van der Waals surface area (Å²) in [5, 5.41) is 5.39. The third kappa shape index (κ3) is 4.81. The first kappa shape index (κ1) is 24.3. The third-order valence-electron chi connectivity index (χ3n) is 5.39. The minimum Gasteiger partial charge on any atom is -0.495 e. The van der Waals surface area contributed by atoms with Gasteiger partial charge in [-0.25, -0.2) is 4.98 Å². The van der Waals surface area contributed by atoms with Crippen molar-refractivity contribution in [2.75, 3.05) is 32.1 Å². The molecule has 1 N–H and O–H groups in total. The van der Waals surface area contributed by atoms with Gasteiger partial charge >= 0.3 is 0 Å². The van der Waals surface area contributed by atoms with Crippen molar-refractivity contribution in [3.8, 4) is 23.0 Å². The molecule has 3 heterocycles. The average Bonchev–Trinajstić information content (AvgIpc) is 3.54. The van der Waals surface area contributed by atoms with Crippen LogP contribution in [-0.2, 0) is 11.3 Å². The Kier molecular flexibility index (Phi) is 6.95. The lowest BCUT2D eigenvalue weighted by molar-refractivity contribution is -0.113. The molecule has 1 amide bonds. The number of thiophene rings is 1. The van der Waals surface area contributed by atoms with Crippen LogP contribution in [0.3, 0.4) is 0 Å². The fourth-order valence-electron chi connectivity index (χ4n) is 3.67. The fraction of sp³-hybridized carbons (Fsp3) is 0.208. The molecule has 0 aliphatic carbocycles. The van der Waals surface area contributed by atoms with Crippen LogP contribution in [0.1, 0.15) is 5.56 Å². The molecule has 2 aromatic carbocycles. The number of thioether (sulfide) groups is 1. The largest absolute Gasteiger partial charge is 0.495 e. The Morgan fingerprint density at radius 2 is 1.97 bits per heavy atom. The summed E-state index contributed by atoms with van der Waals surface area (Å²) in [6.45, 7) is 0.435. The van der Waals surface area contributed by atoms with Gasteiger partial charge < -0.3 is 24.3 Å². The van der Waals surface area contributed by atoms with Gasteiger partial charge in [0.05, 0.1) is 42.7 Å². The number of hydrogen-bond acceptors (Lipinski definition) is 9. The number of halogens is 1. The molecule has 2 aromatic heterocycles. The van der Waals surface area contributed by atoms with E-state index in [0.29, 0.717) is 49.1 Å². The van der Waals surface area contributed by atoms with Crippen LogP contribution in [0.2, 0.25) is 5.02 Å². The average molecular weight is 546 g/mol. The Labute approximate surface area is 218 Å². The van der Waals surface area contributed by atoms with Gasteiger partial charge in [-0.05, 0) is 35.2 Å². The molecule has 5 rings (SSSR count). The number of methoxy groups -OCH3 is 2. The molecule has 12 heteroatoms. The number of carbonyl (C=O) groups is 1. The van der Waals surface area contributed by atoms with Crippen molar-refractivity contribution in [1.82, 2.24) is 9.55 Å². The van der Waals surface area contributed by atoms with E-state index in [1.54, 1.807) is 22.8 Å². The summed E-state index contributed by atoms with van der Waals surface area (Å²) >= 11 is 8.71. The summed E-state index contributed by atoms with van der Waals surface area (Å²) in [4.78, 5) is 30.7. The molecule has 0 bridgehead atoms. The Bertz CT molecular complexity index is 1520. The van der Waals surface area contributed by atoms with Crippen LogP contribution in [0, 0.1) is 0 Å². The van der Waals surface area contributed by atoms with Gasteiger partial charge in [0, 0.05) is 6.07 Å². The number of hydrogen-bond donors (Lipinski definition) is 1. The highest BCUT2D eigenvalue weighted by molar-refractivity contribution is 7.99. The number of carbonyl (C=O) groups excluding carboxylic acids is 1. The predicted molar refractivity (Wildman–Crippen MR) is 139 cm³/mol. The maximum absolute atomic E-state index is 13.3. The van der Waals surface area contributed by atoms with E-state index in [1.165, 1.54) is 37.3 Å². The molecular weight excluding hydrogens is 526 g/mol. The summed E-state index contributed by atoms with van der Waals surface area (Å²) in [7, 11) is 2.98. The molecule has 186 valence electrons. The van der Waals surface area contributed by atoms with Gasteiger partial charge in [0.15, 0.2) is 16.7 Å². The summed E-state index contributed by atoms with van der Waals surface area (Å²) in [5.41, 5.74) is 1.69. The predicted octanol–water partition coefficient (Wildman–Crippen LogP) is 4.64. The summed E-state index contributed by atoms with van der Waals surface area (Å²) in [5.74, 6) is 1.84. The number of ether oxygens (including phenoxy) is 4. The van der Waals surface area contributed by atoms with E-state index in [-0.39, 0.29) is 30.6 Å². The molecule has 36 heavy (non-hydrogen) atoms. The second-order valence-electron chi connectivity index (χ2n) is 7.63. The Balaban J connectivity index is 1.39. The van der Waals surface area contributed by atoms with E-state index in [2.05, 4.69) is 10.3 Å². The van der Waals surface area contributed by atoms with Crippen LogP contribution >= 0.6 is 34.7 Å². The van der Waals surface area contributed by atoms with Gasteiger partial charge in [0.2, 0.25) is 12.7 Å². The molecule has 0 saturated carbocycles. The lowest BCUT2D eigenvalue weighted by atomic mass is 10.2. The third-order valence-corrected chi connectivity index (χ3v) is 7.55. The highest BCUT2D eigenvalue weighted by Crippen LogP contribution is 2.36. The molecule has 0 saturated heterocycles. The van der Waals surface area contributed by atoms with Crippen LogP contribution in [0.15, 0.2) is 51.7 Å².